The number of hydrogen-bond donors (Lipinski definition) is 0. The van der Waals surface area contributed by atoms with Crippen molar-refractivity contribution in [2.75, 3.05) is 26.1 Å². The van der Waals surface area contributed by atoms with E-state index in [9.17, 15) is 13.2 Å². The van der Waals surface area contributed by atoms with Crippen LogP contribution >= 0.6 is 0 Å². The van der Waals surface area contributed by atoms with Gasteiger partial charge in [0, 0.05) is 18.8 Å². The van der Waals surface area contributed by atoms with Crippen LogP contribution in [0.3, 0.4) is 0 Å². The molecular weight excluding hydrogens is 280 g/mol. The van der Waals surface area contributed by atoms with E-state index in [1.54, 1.807) is 24.3 Å². The lowest BCUT2D eigenvalue weighted by Crippen LogP contribution is -2.33. The summed E-state index contributed by atoms with van der Waals surface area (Å²) in [6.07, 6.45) is 0.932. The summed E-state index contributed by atoms with van der Waals surface area (Å²) in [6.45, 7) is 0.883. The molecule has 0 N–H and O–H groups in total. The van der Waals surface area contributed by atoms with Crippen LogP contribution in [0.2, 0.25) is 0 Å². The number of hydrogen-bond acceptors (Lipinski definition) is 5. The van der Waals surface area contributed by atoms with Crippen molar-refractivity contribution in [3.8, 4) is 5.75 Å². The topological polar surface area (TPSA) is 69.7 Å². The minimum atomic E-state index is -3.42. The second-order valence-corrected chi connectivity index (χ2v) is 7.06. The van der Waals surface area contributed by atoms with Gasteiger partial charge >= 0.3 is 0 Å². The highest BCUT2D eigenvalue weighted by atomic mass is 32.2. The predicted octanol–water partition coefficient (Wildman–Crippen LogP) is 1.47. The number of sulfone groups is 1. The Labute approximate surface area is 118 Å². The maximum Gasteiger partial charge on any atom is 0.178 e. The maximum atomic E-state index is 12.2. The summed E-state index contributed by atoms with van der Waals surface area (Å²) in [7, 11) is -1.92. The zero-order chi connectivity index (χ0) is 14.6. The predicted molar refractivity (Wildman–Crippen MR) is 75.0 cm³/mol. The standard InChI is InChI=1S/C14H18O5S/c1-18-12-4-2-3-11(9-12)14(15)10-20(16,17)13-5-7-19-8-6-13/h2-4,9,13H,5-8,10H2,1H3. The molecule has 0 unspecified atom stereocenters. The van der Waals surface area contributed by atoms with Gasteiger partial charge in [0.25, 0.3) is 0 Å². The molecule has 1 aromatic rings. The second-order valence-electron chi connectivity index (χ2n) is 4.77. The number of rotatable bonds is 5. The smallest absolute Gasteiger partial charge is 0.178 e. The van der Waals surface area contributed by atoms with Gasteiger partial charge in [-0.25, -0.2) is 8.42 Å². The van der Waals surface area contributed by atoms with Crippen LogP contribution in [-0.2, 0) is 14.6 Å². The monoisotopic (exact) mass is 298 g/mol. The molecule has 1 saturated heterocycles. The fraction of sp³-hybridized carbons (Fsp3) is 0.500. The van der Waals surface area contributed by atoms with E-state index in [4.69, 9.17) is 9.47 Å². The van der Waals surface area contributed by atoms with Crippen LogP contribution in [0.15, 0.2) is 24.3 Å². The average molecular weight is 298 g/mol. The molecule has 0 spiro atoms. The number of benzene rings is 1. The van der Waals surface area contributed by atoms with Gasteiger partial charge in [0.1, 0.15) is 11.5 Å². The molecule has 1 aliphatic heterocycles. The van der Waals surface area contributed by atoms with Crippen molar-refractivity contribution < 1.29 is 22.7 Å². The summed E-state index contributed by atoms with van der Waals surface area (Å²) in [5.74, 6) is -0.306. The molecule has 0 bridgehead atoms. The molecule has 1 fully saturated rings. The maximum absolute atomic E-state index is 12.2. The lowest BCUT2D eigenvalue weighted by atomic mass is 10.1. The number of carbonyl (C=O) groups is 1. The normalized spacial score (nSPS) is 16.9. The summed E-state index contributed by atoms with van der Waals surface area (Å²) >= 11 is 0. The van der Waals surface area contributed by atoms with E-state index >= 15 is 0 Å². The first-order valence-corrected chi connectivity index (χ1v) is 8.21. The number of carbonyl (C=O) groups excluding carboxylic acids is 1. The number of ketones is 1. The van der Waals surface area contributed by atoms with Crippen molar-refractivity contribution in [1.82, 2.24) is 0 Å². The minimum absolute atomic E-state index is 0.361. The van der Waals surface area contributed by atoms with Gasteiger partial charge in [-0.1, -0.05) is 12.1 Å². The van der Waals surface area contributed by atoms with Crippen molar-refractivity contribution in [3.05, 3.63) is 29.8 Å². The van der Waals surface area contributed by atoms with Crippen molar-refractivity contribution in [2.24, 2.45) is 0 Å². The van der Waals surface area contributed by atoms with E-state index in [1.807, 2.05) is 0 Å². The largest absolute Gasteiger partial charge is 0.497 e. The molecule has 6 heteroatoms. The fourth-order valence-corrected chi connectivity index (χ4v) is 3.89. The van der Waals surface area contributed by atoms with Gasteiger partial charge < -0.3 is 9.47 Å². The Balaban J connectivity index is 2.09. The molecule has 1 heterocycles. The van der Waals surface area contributed by atoms with Crippen LogP contribution in [0, 0.1) is 0 Å². The highest BCUT2D eigenvalue weighted by molar-refractivity contribution is 7.92. The van der Waals surface area contributed by atoms with Crippen molar-refractivity contribution >= 4 is 15.6 Å². The number of methoxy groups -OCH3 is 1. The molecule has 0 aromatic heterocycles. The van der Waals surface area contributed by atoms with Crippen LogP contribution in [0.4, 0.5) is 0 Å². The van der Waals surface area contributed by atoms with Gasteiger partial charge in [-0.15, -0.1) is 0 Å². The Hall–Kier alpha value is -1.40. The van der Waals surface area contributed by atoms with Gasteiger partial charge in [-0.05, 0) is 25.0 Å². The molecule has 0 aliphatic carbocycles. The van der Waals surface area contributed by atoms with Crippen molar-refractivity contribution in [1.29, 1.82) is 0 Å². The van der Waals surface area contributed by atoms with Crippen LogP contribution in [0.1, 0.15) is 23.2 Å². The van der Waals surface area contributed by atoms with E-state index in [2.05, 4.69) is 0 Å². The molecule has 0 radical (unpaired) electrons. The average Bonchev–Trinajstić information content (AvgIpc) is 2.48. The second kappa shape index (κ2) is 6.37. The lowest BCUT2D eigenvalue weighted by molar-refractivity contribution is 0.0971. The Kier molecular flexibility index (Phi) is 4.77. The molecule has 2 rings (SSSR count). The molecule has 0 atom stereocenters. The molecule has 110 valence electrons. The number of ether oxygens (including phenoxy) is 2. The summed E-state index contributed by atoms with van der Waals surface area (Å²) in [6, 6.07) is 6.54. The van der Waals surface area contributed by atoms with Crippen molar-refractivity contribution in [3.63, 3.8) is 0 Å². The van der Waals surface area contributed by atoms with Gasteiger partial charge in [0.2, 0.25) is 0 Å². The van der Waals surface area contributed by atoms with E-state index in [0.717, 1.165) is 0 Å². The Morgan fingerprint density at radius 3 is 2.70 bits per heavy atom. The summed E-state index contributed by atoms with van der Waals surface area (Å²) in [5.41, 5.74) is 0.361. The van der Waals surface area contributed by atoms with Crippen LogP contribution in [0.25, 0.3) is 0 Å². The van der Waals surface area contributed by atoms with Crippen molar-refractivity contribution in [2.45, 2.75) is 18.1 Å². The van der Waals surface area contributed by atoms with Crippen LogP contribution < -0.4 is 4.74 Å². The SMILES string of the molecule is COc1cccc(C(=O)CS(=O)(=O)C2CCOCC2)c1. The third kappa shape index (κ3) is 3.58. The van der Waals surface area contributed by atoms with Gasteiger partial charge in [-0.3, -0.25) is 4.79 Å². The zero-order valence-corrected chi connectivity index (χ0v) is 12.2. The number of Topliss-reactive ketones (excluding diaryl/α,β-unsaturated/α-hetero) is 1. The van der Waals surface area contributed by atoms with E-state index in [0.29, 0.717) is 37.4 Å². The zero-order valence-electron chi connectivity index (χ0n) is 11.4. The first kappa shape index (κ1) is 15.0. The Morgan fingerprint density at radius 2 is 2.05 bits per heavy atom. The van der Waals surface area contributed by atoms with Gasteiger partial charge in [0.05, 0.1) is 12.4 Å². The third-order valence-electron chi connectivity index (χ3n) is 3.40. The van der Waals surface area contributed by atoms with Gasteiger partial charge in [-0.2, -0.15) is 0 Å². The lowest BCUT2D eigenvalue weighted by Gasteiger charge is -2.21. The first-order chi connectivity index (χ1) is 9.53. The van der Waals surface area contributed by atoms with Crippen LogP contribution in [0.5, 0.6) is 5.75 Å². The van der Waals surface area contributed by atoms with E-state index in [1.165, 1.54) is 7.11 Å². The molecule has 20 heavy (non-hydrogen) atoms. The van der Waals surface area contributed by atoms with E-state index in [-0.39, 0.29) is 0 Å². The molecule has 1 aromatic carbocycles. The highest BCUT2D eigenvalue weighted by Crippen LogP contribution is 2.19. The highest BCUT2D eigenvalue weighted by Gasteiger charge is 2.30. The Bertz CT molecular complexity index is 573. The summed E-state index contributed by atoms with van der Waals surface area (Å²) < 4.78 is 34.6. The molecule has 5 nitrogen and oxygen atoms in total. The Morgan fingerprint density at radius 1 is 1.35 bits per heavy atom. The molecule has 0 saturated carbocycles. The van der Waals surface area contributed by atoms with Crippen LogP contribution in [-0.4, -0.2) is 45.5 Å². The summed E-state index contributed by atoms with van der Waals surface area (Å²) in [5, 5.41) is -0.467. The first-order valence-electron chi connectivity index (χ1n) is 6.49. The molecule has 0 amide bonds. The van der Waals surface area contributed by atoms with E-state index < -0.39 is 26.6 Å². The minimum Gasteiger partial charge on any atom is -0.497 e. The molecule has 1 aliphatic rings. The molecular formula is C14H18O5S. The third-order valence-corrected chi connectivity index (χ3v) is 5.55. The summed E-state index contributed by atoms with van der Waals surface area (Å²) in [4.78, 5) is 12.1. The fourth-order valence-electron chi connectivity index (χ4n) is 2.22. The quantitative estimate of drug-likeness (QED) is 0.770. The van der Waals surface area contributed by atoms with Gasteiger partial charge in [0.15, 0.2) is 15.6 Å².